The maximum absolute atomic E-state index is 11.6. The molecular weight excluding hydrogens is 256 g/mol. The van der Waals surface area contributed by atoms with E-state index in [0.717, 1.165) is 0 Å². The number of hydrogen-bond acceptors (Lipinski definition) is 5. The quantitative estimate of drug-likeness (QED) is 0.814. The zero-order valence-electron chi connectivity index (χ0n) is 10.5. The van der Waals surface area contributed by atoms with Crippen LogP contribution in [0, 0.1) is 0 Å². The van der Waals surface area contributed by atoms with E-state index in [-0.39, 0.29) is 24.6 Å². The molecular formula is C11H16N2O4S. The van der Waals surface area contributed by atoms with Crippen LogP contribution in [0.5, 0.6) is 0 Å². The van der Waals surface area contributed by atoms with Gasteiger partial charge in [0.25, 0.3) is 0 Å². The summed E-state index contributed by atoms with van der Waals surface area (Å²) in [5.41, 5.74) is -0.513. The number of ether oxygens (including phenoxy) is 1. The van der Waals surface area contributed by atoms with Gasteiger partial charge in [0, 0.05) is 12.5 Å². The third-order valence-electron chi connectivity index (χ3n) is 2.35. The van der Waals surface area contributed by atoms with E-state index < -0.39 is 11.6 Å². The van der Waals surface area contributed by atoms with Crippen molar-refractivity contribution in [2.75, 3.05) is 7.11 Å². The van der Waals surface area contributed by atoms with Gasteiger partial charge >= 0.3 is 5.97 Å². The monoisotopic (exact) mass is 272 g/mol. The minimum Gasteiger partial charge on any atom is -0.476 e. The third-order valence-corrected chi connectivity index (χ3v) is 3.20. The van der Waals surface area contributed by atoms with Crippen LogP contribution in [0.1, 0.15) is 35.8 Å². The summed E-state index contributed by atoms with van der Waals surface area (Å²) >= 11 is 1.21. The first-order valence-corrected chi connectivity index (χ1v) is 6.21. The average molecular weight is 272 g/mol. The lowest BCUT2D eigenvalue weighted by atomic mass is 10.1. The highest BCUT2D eigenvalue weighted by molar-refractivity contribution is 7.09. The number of methoxy groups -OCH3 is 1. The molecule has 7 heteroatoms. The van der Waals surface area contributed by atoms with Crippen molar-refractivity contribution in [3.63, 3.8) is 0 Å². The molecule has 1 aromatic heterocycles. The molecule has 0 bridgehead atoms. The van der Waals surface area contributed by atoms with Crippen LogP contribution < -0.4 is 5.32 Å². The van der Waals surface area contributed by atoms with E-state index >= 15 is 0 Å². The second-order valence-electron chi connectivity index (χ2n) is 4.35. The fourth-order valence-electron chi connectivity index (χ4n) is 1.19. The normalized spacial score (nSPS) is 11.3. The number of nitrogens with one attached hydrogen (secondary N) is 1. The number of amides is 1. The molecule has 0 aromatic carbocycles. The summed E-state index contributed by atoms with van der Waals surface area (Å²) in [5.74, 6) is -1.22. The van der Waals surface area contributed by atoms with Gasteiger partial charge in [-0.2, -0.15) is 0 Å². The fourth-order valence-corrected chi connectivity index (χ4v) is 1.89. The largest absolute Gasteiger partial charge is 0.476 e. The average Bonchev–Trinajstić information content (AvgIpc) is 2.74. The van der Waals surface area contributed by atoms with Crippen molar-refractivity contribution < 1.29 is 19.4 Å². The molecule has 1 aromatic rings. The van der Waals surface area contributed by atoms with Gasteiger partial charge in [0.1, 0.15) is 5.01 Å². The standard InChI is InChI=1S/C11H16N2O4S/c1-11(2,17-3)4-8(14)12-5-9-13-7(6-18-9)10(15)16/h6H,4-5H2,1-3H3,(H,12,14)(H,15,16). The molecule has 18 heavy (non-hydrogen) atoms. The van der Waals surface area contributed by atoms with Gasteiger partial charge in [-0.05, 0) is 13.8 Å². The third kappa shape index (κ3) is 4.42. The molecule has 100 valence electrons. The summed E-state index contributed by atoms with van der Waals surface area (Å²) in [6, 6.07) is 0. The Bertz CT molecular complexity index is 442. The number of aromatic carboxylic acids is 1. The highest BCUT2D eigenvalue weighted by Crippen LogP contribution is 2.13. The lowest BCUT2D eigenvalue weighted by Crippen LogP contribution is -2.33. The number of carbonyl (C=O) groups is 2. The van der Waals surface area contributed by atoms with Gasteiger partial charge in [0.15, 0.2) is 5.69 Å². The van der Waals surface area contributed by atoms with E-state index in [2.05, 4.69) is 10.3 Å². The van der Waals surface area contributed by atoms with E-state index in [0.29, 0.717) is 5.01 Å². The van der Waals surface area contributed by atoms with Crippen molar-refractivity contribution >= 4 is 23.2 Å². The van der Waals surface area contributed by atoms with Gasteiger partial charge < -0.3 is 15.2 Å². The smallest absolute Gasteiger partial charge is 0.355 e. The molecule has 0 saturated carbocycles. The first-order valence-electron chi connectivity index (χ1n) is 5.33. The Balaban J connectivity index is 2.45. The molecule has 0 spiro atoms. The molecule has 0 radical (unpaired) electrons. The van der Waals surface area contributed by atoms with Crippen molar-refractivity contribution in [1.29, 1.82) is 0 Å². The molecule has 0 unspecified atom stereocenters. The zero-order valence-corrected chi connectivity index (χ0v) is 11.3. The Morgan fingerprint density at radius 2 is 2.22 bits per heavy atom. The fraction of sp³-hybridized carbons (Fsp3) is 0.545. The van der Waals surface area contributed by atoms with Gasteiger partial charge in [-0.1, -0.05) is 0 Å². The molecule has 6 nitrogen and oxygen atoms in total. The van der Waals surface area contributed by atoms with Crippen LogP contribution in [-0.2, 0) is 16.1 Å². The van der Waals surface area contributed by atoms with E-state index in [4.69, 9.17) is 9.84 Å². The Kier molecular flexibility index (Phi) is 4.80. The first kappa shape index (κ1) is 14.6. The Morgan fingerprint density at radius 1 is 1.56 bits per heavy atom. The highest BCUT2D eigenvalue weighted by Gasteiger charge is 2.21. The molecule has 1 heterocycles. The van der Waals surface area contributed by atoms with E-state index in [1.54, 1.807) is 7.11 Å². The molecule has 0 fully saturated rings. The van der Waals surface area contributed by atoms with Gasteiger partial charge in [-0.15, -0.1) is 11.3 Å². The Labute approximate surface area is 109 Å². The lowest BCUT2D eigenvalue weighted by Gasteiger charge is -2.21. The van der Waals surface area contributed by atoms with Crippen molar-refractivity contribution in [3.05, 3.63) is 16.1 Å². The van der Waals surface area contributed by atoms with Crippen molar-refractivity contribution in [2.24, 2.45) is 0 Å². The number of aromatic nitrogens is 1. The van der Waals surface area contributed by atoms with Crippen molar-refractivity contribution in [3.8, 4) is 0 Å². The molecule has 0 aliphatic rings. The number of carbonyl (C=O) groups excluding carboxylic acids is 1. The Hall–Kier alpha value is -1.47. The molecule has 1 amide bonds. The van der Waals surface area contributed by atoms with Crippen molar-refractivity contribution in [2.45, 2.75) is 32.4 Å². The van der Waals surface area contributed by atoms with Crippen LogP contribution in [0.25, 0.3) is 0 Å². The minimum absolute atomic E-state index is 0.00136. The number of rotatable bonds is 6. The topological polar surface area (TPSA) is 88.5 Å². The maximum Gasteiger partial charge on any atom is 0.355 e. The zero-order chi connectivity index (χ0) is 13.8. The summed E-state index contributed by atoms with van der Waals surface area (Å²) < 4.78 is 5.14. The first-order chi connectivity index (χ1) is 8.34. The van der Waals surface area contributed by atoms with E-state index in [1.807, 2.05) is 13.8 Å². The van der Waals surface area contributed by atoms with Crippen LogP contribution in [0.3, 0.4) is 0 Å². The number of carboxylic acids is 1. The molecule has 0 aliphatic carbocycles. The van der Waals surface area contributed by atoms with Gasteiger partial charge in [0.2, 0.25) is 5.91 Å². The van der Waals surface area contributed by atoms with Gasteiger partial charge in [-0.3, -0.25) is 4.79 Å². The van der Waals surface area contributed by atoms with Crippen LogP contribution in [0.15, 0.2) is 5.38 Å². The summed E-state index contributed by atoms with van der Waals surface area (Å²) in [5, 5.41) is 13.4. The molecule has 0 aliphatic heterocycles. The van der Waals surface area contributed by atoms with Crippen LogP contribution >= 0.6 is 11.3 Å². The van der Waals surface area contributed by atoms with Gasteiger partial charge in [-0.25, -0.2) is 9.78 Å². The van der Waals surface area contributed by atoms with Crippen LogP contribution in [0.4, 0.5) is 0 Å². The molecule has 2 N–H and O–H groups in total. The minimum atomic E-state index is -1.07. The molecule has 0 saturated heterocycles. The van der Waals surface area contributed by atoms with Crippen LogP contribution in [0.2, 0.25) is 0 Å². The SMILES string of the molecule is COC(C)(C)CC(=O)NCc1nc(C(=O)O)cs1. The Morgan fingerprint density at radius 3 is 2.72 bits per heavy atom. The maximum atomic E-state index is 11.6. The summed E-state index contributed by atoms with van der Waals surface area (Å²) in [4.78, 5) is 26.1. The lowest BCUT2D eigenvalue weighted by molar-refractivity contribution is -0.126. The number of nitrogens with zero attached hydrogens (tertiary/aromatic N) is 1. The molecule has 0 atom stereocenters. The van der Waals surface area contributed by atoms with Crippen molar-refractivity contribution in [1.82, 2.24) is 10.3 Å². The van der Waals surface area contributed by atoms with Crippen LogP contribution in [-0.4, -0.2) is 34.7 Å². The molecule has 1 rings (SSSR count). The summed E-state index contributed by atoms with van der Waals surface area (Å²) in [6.45, 7) is 3.87. The predicted octanol–water partition coefficient (Wildman–Crippen LogP) is 1.27. The number of carboxylic acid groups (broad SMARTS) is 1. The second-order valence-corrected chi connectivity index (χ2v) is 5.29. The second kappa shape index (κ2) is 5.92. The summed E-state index contributed by atoms with van der Waals surface area (Å²) in [7, 11) is 1.55. The van der Waals surface area contributed by atoms with E-state index in [9.17, 15) is 9.59 Å². The van der Waals surface area contributed by atoms with E-state index in [1.165, 1.54) is 16.7 Å². The summed E-state index contributed by atoms with van der Waals surface area (Å²) in [6.07, 6.45) is 0.237. The van der Waals surface area contributed by atoms with Gasteiger partial charge in [0.05, 0.1) is 18.6 Å². The number of hydrogen-bond donors (Lipinski definition) is 2. The predicted molar refractivity (Wildman–Crippen MR) is 66.6 cm³/mol. The number of thiazole rings is 1. The highest BCUT2D eigenvalue weighted by atomic mass is 32.1.